The number of hydrogen-bond acceptors (Lipinski definition) is 4. The Kier molecular flexibility index (Phi) is 5.80. The average Bonchev–Trinajstić information content (AvgIpc) is 2.82. The zero-order chi connectivity index (χ0) is 18.6. The van der Waals surface area contributed by atoms with Crippen LogP contribution in [0.2, 0.25) is 0 Å². The summed E-state index contributed by atoms with van der Waals surface area (Å²) in [4.78, 5) is 26.3. The number of anilines is 2. The van der Waals surface area contributed by atoms with Crippen molar-refractivity contribution in [3.63, 3.8) is 0 Å². The molecule has 2 aliphatic rings. The van der Waals surface area contributed by atoms with Crippen molar-refractivity contribution in [2.75, 3.05) is 35.2 Å². The van der Waals surface area contributed by atoms with Crippen molar-refractivity contribution < 1.29 is 18.0 Å². The van der Waals surface area contributed by atoms with E-state index in [9.17, 15) is 18.0 Å². The number of sulfone groups is 1. The summed E-state index contributed by atoms with van der Waals surface area (Å²) in [5.41, 5.74) is 1.26. The second kappa shape index (κ2) is 8.07. The molecule has 2 fully saturated rings. The number of likely N-dealkylation sites (tertiary alicyclic amines) is 1. The van der Waals surface area contributed by atoms with Gasteiger partial charge in [0.05, 0.1) is 17.4 Å². The molecule has 8 heteroatoms. The van der Waals surface area contributed by atoms with Gasteiger partial charge in [0.25, 0.3) is 0 Å². The molecule has 2 aliphatic heterocycles. The first-order valence-electron chi connectivity index (χ1n) is 9.10. The van der Waals surface area contributed by atoms with Crippen molar-refractivity contribution in [3.05, 3.63) is 24.3 Å². The minimum Gasteiger partial charge on any atom is -0.326 e. The van der Waals surface area contributed by atoms with Crippen LogP contribution >= 0.6 is 0 Å². The largest absolute Gasteiger partial charge is 0.326 e. The summed E-state index contributed by atoms with van der Waals surface area (Å²) >= 11 is 0. The van der Waals surface area contributed by atoms with E-state index < -0.39 is 15.8 Å². The van der Waals surface area contributed by atoms with Crippen LogP contribution in [0.1, 0.15) is 32.1 Å². The van der Waals surface area contributed by atoms with E-state index in [-0.39, 0.29) is 23.4 Å². The van der Waals surface area contributed by atoms with Gasteiger partial charge in [-0.15, -0.1) is 0 Å². The standard InChI is InChI=1S/C18H25N3O4S/c22-17(14-9-12-26(24,25)13-14)19-15-5-7-16(8-6-15)20-18(23)21-10-3-1-2-4-11-21/h5-8,14H,1-4,9-13H2,(H,19,22)(H,20,23). The van der Waals surface area contributed by atoms with Gasteiger partial charge in [-0.05, 0) is 43.5 Å². The van der Waals surface area contributed by atoms with Crippen LogP contribution in [0.25, 0.3) is 0 Å². The average molecular weight is 379 g/mol. The monoisotopic (exact) mass is 379 g/mol. The molecule has 0 aromatic heterocycles. The summed E-state index contributed by atoms with van der Waals surface area (Å²) in [6.45, 7) is 1.56. The van der Waals surface area contributed by atoms with Crippen molar-refractivity contribution in [1.82, 2.24) is 4.90 Å². The molecule has 0 aliphatic carbocycles. The SMILES string of the molecule is O=C(Nc1ccc(NC(=O)N2CCCCCC2)cc1)C1CCS(=O)(=O)C1. The maximum Gasteiger partial charge on any atom is 0.321 e. The lowest BCUT2D eigenvalue weighted by atomic mass is 10.1. The molecule has 1 aromatic rings. The Balaban J connectivity index is 1.53. The van der Waals surface area contributed by atoms with E-state index >= 15 is 0 Å². The number of nitrogens with one attached hydrogen (secondary N) is 2. The van der Waals surface area contributed by atoms with Crippen molar-refractivity contribution in [3.8, 4) is 0 Å². The third kappa shape index (κ3) is 4.97. The number of hydrogen-bond donors (Lipinski definition) is 2. The first-order valence-corrected chi connectivity index (χ1v) is 10.9. The first-order chi connectivity index (χ1) is 12.4. The molecule has 1 aromatic carbocycles. The number of nitrogens with zero attached hydrogens (tertiary/aromatic N) is 1. The minimum absolute atomic E-state index is 0.0759. The molecule has 0 bridgehead atoms. The number of urea groups is 1. The molecule has 1 unspecified atom stereocenters. The first kappa shape index (κ1) is 18.7. The van der Waals surface area contributed by atoms with Crippen LogP contribution in [0.15, 0.2) is 24.3 Å². The van der Waals surface area contributed by atoms with E-state index in [1.165, 1.54) is 12.8 Å². The van der Waals surface area contributed by atoms with Gasteiger partial charge in [0.2, 0.25) is 5.91 Å². The van der Waals surface area contributed by atoms with Gasteiger partial charge in [-0.2, -0.15) is 0 Å². The lowest BCUT2D eigenvalue weighted by Gasteiger charge is -2.20. The number of carbonyl (C=O) groups is 2. The number of carbonyl (C=O) groups excluding carboxylic acids is 2. The molecule has 2 saturated heterocycles. The fraction of sp³-hybridized carbons (Fsp3) is 0.556. The van der Waals surface area contributed by atoms with Crippen LogP contribution in [-0.2, 0) is 14.6 Å². The number of rotatable bonds is 3. The summed E-state index contributed by atoms with van der Waals surface area (Å²) in [6, 6.07) is 6.78. The van der Waals surface area contributed by atoms with E-state index in [1.807, 2.05) is 4.90 Å². The highest BCUT2D eigenvalue weighted by atomic mass is 32.2. The Bertz CT molecular complexity index is 753. The third-order valence-electron chi connectivity index (χ3n) is 4.90. The van der Waals surface area contributed by atoms with Crippen LogP contribution in [0.3, 0.4) is 0 Å². The van der Waals surface area contributed by atoms with E-state index in [0.29, 0.717) is 17.8 Å². The Morgan fingerprint density at radius 2 is 1.50 bits per heavy atom. The van der Waals surface area contributed by atoms with E-state index in [1.54, 1.807) is 24.3 Å². The molecular weight excluding hydrogens is 354 g/mol. The normalized spacial score (nSPS) is 22.5. The molecular formula is C18H25N3O4S. The Morgan fingerprint density at radius 1 is 0.923 bits per heavy atom. The van der Waals surface area contributed by atoms with Crippen LogP contribution in [0.4, 0.5) is 16.2 Å². The number of benzene rings is 1. The van der Waals surface area contributed by atoms with Crippen LogP contribution in [0, 0.1) is 5.92 Å². The molecule has 3 amide bonds. The van der Waals surface area contributed by atoms with Gasteiger partial charge in [0.15, 0.2) is 9.84 Å². The molecule has 1 atom stereocenters. The quantitative estimate of drug-likeness (QED) is 0.843. The van der Waals surface area contributed by atoms with E-state index in [4.69, 9.17) is 0 Å². The second-order valence-corrected chi connectivity index (χ2v) is 9.23. The molecule has 142 valence electrons. The topological polar surface area (TPSA) is 95.6 Å². The van der Waals surface area contributed by atoms with Gasteiger partial charge in [-0.25, -0.2) is 13.2 Å². The van der Waals surface area contributed by atoms with Crippen molar-refractivity contribution in [1.29, 1.82) is 0 Å². The fourth-order valence-corrected chi connectivity index (χ4v) is 5.10. The molecule has 0 spiro atoms. The lowest BCUT2D eigenvalue weighted by Crippen LogP contribution is -2.35. The van der Waals surface area contributed by atoms with Gasteiger partial charge >= 0.3 is 6.03 Å². The Labute approximate surface area is 154 Å². The van der Waals surface area contributed by atoms with Gasteiger partial charge in [-0.3, -0.25) is 4.79 Å². The van der Waals surface area contributed by atoms with Crippen molar-refractivity contribution >= 4 is 33.2 Å². The van der Waals surface area contributed by atoms with Crippen LogP contribution < -0.4 is 10.6 Å². The molecule has 3 rings (SSSR count). The summed E-state index contributed by atoms with van der Waals surface area (Å²) in [5.74, 6) is -0.759. The third-order valence-corrected chi connectivity index (χ3v) is 6.67. The Hall–Kier alpha value is -2.09. The predicted octanol–water partition coefficient (Wildman–Crippen LogP) is 2.47. The van der Waals surface area contributed by atoms with Crippen molar-refractivity contribution in [2.24, 2.45) is 5.92 Å². The second-order valence-electron chi connectivity index (χ2n) is 7.00. The molecule has 26 heavy (non-hydrogen) atoms. The van der Waals surface area contributed by atoms with Gasteiger partial charge in [0, 0.05) is 24.5 Å². The maximum absolute atomic E-state index is 12.3. The minimum atomic E-state index is -3.08. The molecule has 0 radical (unpaired) electrons. The van der Waals surface area contributed by atoms with E-state index in [0.717, 1.165) is 25.9 Å². The maximum atomic E-state index is 12.3. The zero-order valence-corrected chi connectivity index (χ0v) is 15.6. The van der Waals surface area contributed by atoms with Gasteiger partial charge in [0.1, 0.15) is 0 Å². The fourth-order valence-electron chi connectivity index (χ4n) is 3.36. The molecule has 0 saturated carbocycles. The molecule has 2 heterocycles. The van der Waals surface area contributed by atoms with Crippen LogP contribution in [0.5, 0.6) is 0 Å². The lowest BCUT2D eigenvalue weighted by molar-refractivity contribution is -0.119. The number of amides is 3. The smallest absolute Gasteiger partial charge is 0.321 e. The highest BCUT2D eigenvalue weighted by Gasteiger charge is 2.32. The predicted molar refractivity (Wildman–Crippen MR) is 101 cm³/mol. The zero-order valence-electron chi connectivity index (χ0n) is 14.7. The van der Waals surface area contributed by atoms with Crippen molar-refractivity contribution in [2.45, 2.75) is 32.1 Å². The summed E-state index contributed by atoms with van der Waals surface area (Å²) in [7, 11) is -3.08. The van der Waals surface area contributed by atoms with Crippen LogP contribution in [-0.4, -0.2) is 49.9 Å². The Morgan fingerprint density at radius 3 is 2.04 bits per heavy atom. The summed E-state index contributed by atoms with van der Waals surface area (Å²) < 4.78 is 22.9. The summed E-state index contributed by atoms with van der Waals surface area (Å²) in [5, 5.41) is 5.63. The highest BCUT2D eigenvalue weighted by Crippen LogP contribution is 2.21. The molecule has 7 nitrogen and oxygen atoms in total. The van der Waals surface area contributed by atoms with Gasteiger partial charge < -0.3 is 15.5 Å². The van der Waals surface area contributed by atoms with Gasteiger partial charge in [-0.1, -0.05) is 12.8 Å². The molecule has 2 N–H and O–H groups in total. The van der Waals surface area contributed by atoms with E-state index in [2.05, 4.69) is 10.6 Å². The summed E-state index contributed by atoms with van der Waals surface area (Å²) in [6.07, 6.45) is 4.78. The highest BCUT2D eigenvalue weighted by molar-refractivity contribution is 7.91.